The van der Waals surface area contributed by atoms with Gasteiger partial charge in [0.1, 0.15) is 0 Å². The van der Waals surface area contributed by atoms with E-state index in [0.717, 1.165) is 34.8 Å². The van der Waals surface area contributed by atoms with Crippen LogP contribution in [0.5, 0.6) is 0 Å². The average Bonchev–Trinajstić information content (AvgIpc) is 3.11. The molecule has 0 unspecified atom stereocenters. The summed E-state index contributed by atoms with van der Waals surface area (Å²) in [6.07, 6.45) is 5.59. The maximum absolute atomic E-state index is 11.0. The van der Waals surface area contributed by atoms with Gasteiger partial charge in [0.25, 0.3) is 5.69 Å². The van der Waals surface area contributed by atoms with E-state index in [1.54, 1.807) is 35.6 Å². The molecule has 1 saturated carbocycles. The van der Waals surface area contributed by atoms with Crippen LogP contribution in [-0.2, 0) is 0 Å². The second-order valence-corrected chi connectivity index (χ2v) is 9.11. The second kappa shape index (κ2) is 9.03. The van der Waals surface area contributed by atoms with Gasteiger partial charge in [-0.25, -0.2) is 4.68 Å². The fourth-order valence-electron chi connectivity index (χ4n) is 3.85. The lowest BCUT2D eigenvalue weighted by atomic mass is 9.69. The van der Waals surface area contributed by atoms with Gasteiger partial charge in [-0.15, -0.1) is 11.3 Å². The van der Waals surface area contributed by atoms with E-state index in [9.17, 15) is 10.1 Å². The van der Waals surface area contributed by atoms with E-state index in [-0.39, 0.29) is 10.6 Å². The molecule has 0 bridgehead atoms. The van der Waals surface area contributed by atoms with Crippen LogP contribution in [0.3, 0.4) is 0 Å². The van der Waals surface area contributed by atoms with E-state index in [1.807, 2.05) is 17.0 Å². The Morgan fingerprint density at radius 2 is 1.86 bits per heavy atom. The Bertz CT molecular complexity index is 944. The first-order chi connectivity index (χ1) is 13.9. The first kappa shape index (κ1) is 21.4. The van der Waals surface area contributed by atoms with Crippen LogP contribution >= 0.6 is 11.3 Å². The van der Waals surface area contributed by atoms with Crippen molar-refractivity contribution in [3.8, 4) is 11.3 Å². The molecule has 1 fully saturated rings. The third kappa shape index (κ3) is 4.83. The molecule has 0 N–H and O–H groups in total. The van der Waals surface area contributed by atoms with Crippen molar-refractivity contribution in [2.45, 2.75) is 59.8 Å². The molecule has 29 heavy (non-hydrogen) atoms. The van der Waals surface area contributed by atoms with Crippen LogP contribution in [0.25, 0.3) is 11.3 Å². The van der Waals surface area contributed by atoms with Crippen molar-refractivity contribution in [1.29, 1.82) is 0 Å². The number of aromatic nitrogens is 1. The molecule has 156 valence electrons. The minimum absolute atomic E-state index is 0.0946. The van der Waals surface area contributed by atoms with Gasteiger partial charge in [0.2, 0.25) is 4.80 Å². The smallest absolute Gasteiger partial charge is 0.258 e. The Labute approximate surface area is 176 Å². The van der Waals surface area contributed by atoms with Gasteiger partial charge in [0.15, 0.2) is 0 Å². The van der Waals surface area contributed by atoms with Gasteiger partial charge < -0.3 is 0 Å². The van der Waals surface area contributed by atoms with E-state index in [4.69, 9.17) is 5.10 Å². The highest BCUT2D eigenvalue weighted by Crippen LogP contribution is 2.39. The second-order valence-electron chi connectivity index (χ2n) is 8.28. The number of nitrogens with zero attached hydrogens (tertiary/aromatic N) is 4. The van der Waals surface area contributed by atoms with Gasteiger partial charge in [-0.3, -0.25) is 15.1 Å². The van der Waals surface area contributed by atoms with E-state index in [2.05, 4.69) is 25.8 Å². The highest BCUT2D eigenvalue weighted by atomic mass is 32.1. The van der Waals surface area contributed by atoms with Gasteiger partial charge in [0.05, 0.1) is 10.6 Å². The summed E-state index contributed by atoms with van der Waals surface area (Å²) in [6.45, 7) is 9.73. The zero-order valence-electron chi connectivity index (χ0n) is 17.7. The molecule has 0 amide bonds. The molecular weight excluding hydrogens is 384 g/mol. The lowest BCUT2D eigenvalue weighted by Crippen LogP contribution is -2.28. The van der Waals surface area contributed by atoms with Crippen LogP contribution in [0.1, 0.15) is 59.8 Å². The van der Waals surface area contributed by atoms with Crippen molar-refractivity contribution in [1.82, 2.24) is 4.68 Å². The van der Waals surface area contributed by atoms with Crippen molar-refractivity contribution in [2.75, 3.05) is 6.54 Å². The third-order valence-electron chi connectivity index (χ3n) is 6.17. The SMILES string of the molecule is CCN=c1scc(-c2ccc([N+](=O)[O-])cc2)n1N=C1CCC(C(C)(C)CC)CC1. The van der Waals surface area contributed by atoms with E-state index in [1.165, 1.54) is 25.0 Å². The molecule has 0 radical (unpaired) electrons. The molecule has 0 saturated heterocycles. The van der Waals surface area contributed by atoms with Crippen LogP contribution < -0.4 is 4.80 Å². The first-order valence-electron chi connectivity index (χ1n) is 10.4. The summed E-state index contributed by atoms with van der Waals surface area (Å²) in [5.74, 6) is 0.743. The summed E-state index contributed by atoms with van der Waals surface area (Å²) in [7, 11) is 0. The Balaban J connectivity index is 1.91. The molecule has 1 heterocycles. The van der Waals surface area contributed by atoms with E-state index >= 15 is 0 Å². The summed E-state index contributed by atoms with van der Waals surface area (Å²) in [5, 5.41) is 18.0. The first-order valence-corrected chi connectivity index (χ1v) is 11.3. The summed E-state index contributed by atoms with van der Waals surface area (Å²) < 4.78 is 1.93. The Hall–Kier alpha value is -2.28. The molecule has 1 aromatic heterocycles. The van der Waals surface area contributed by atoms with Crippen LogP contribution in [0.2, 0.25) is 0 Å². The fourth-order valence-corrected chi connectivity index (χ4v) is 4.75. The standard InChI is InChI=1S/C22H30N4O2S/c1-5-22(3,4)17-9-11-18(12-10-17)24-25-20(15-29-21(25)23-6-2)16-7-13-19(14-8-16)26(27)28/h7-8,13-15,17H,5-6,9-12H2,1-4H3. The molecular formula is C22H30N4O2S. The summed E-state index contributed by atoms with van der Waals surface area (Å²) in [5.41, 5.74) is 3.54. The van der Waals surface area contributed by atoms with Gasteiger partial charge >= 0.3 is 0 Å². The normalized spacial score (nSPS) is 18.1. The van der Waals surface area contributed by atoms with Crippen molar-refractivity contribution < 1.29 is 4.92 Å². The zero-order valence-corrected chi connectivity index (χ0v) is 18.5. The van der Waals surface area contributed by atoms with E-state index < -0.39 is 0 Å². The summed E-state index contributed by atoms with van der Waals surface area (Å²) in [4.78, 5) is 16.0. The van der Waals surface area contributed by atoms with Crippen molar-refractivity contribution >= 4 is 22.7 Å². The molecule has 3 rings (SSSR count). The molecule has 1 aliphatic rings. The van der Waals surface area contributed by atoms with Gasteiger partial charge in [-0.2, -0.15) is 5.10 Å². The number of hydrogen-bond donors (Lipinski definition) is 0. The number of non-ortho nitro benzene ring substituents is 1. The largest absolute Gasteiger partial charge is 0.269 e. The molecule has 7 heteroatoms. The summed E-state index contributed by atoms with van der Waals surface area (Å²) in [6, 6.07) is 6.65. The lowest BCUT2D eigenvalue weighted by Gasteiger charge is -2.36. The van der Waals surface area contributed by atoms with Crippen molar-refractivity contribution in [2.24, 2.45) is 21.4 Å². The maximum Gasteiger partial charge on any atom is 0.269 e. The molecule has 0 aliphatic heterocycles. The molecule has 1 aliphatic carbocycles. The van der Waals surface area contributed by atoms with Crippen LogP contribution in [0.15, 0.2) is 39.7 Å². The number of thiazole rings is 1. The summed E-state index contributed by atoms with van der Waals surface area (Å²) >= 11 is 1.56. The minimum atomic E-state index is -0.375. The number of rotatable bonds is 6. The zero-order chi connectivity index (χ0) is 21.0. The number of hydrogen-bond acceptors (Lipinski definition) is 5. The van der Waals surface area contributed by atoms with Crippen LogP contribution in [0, 0.1) is 21.4 Å². The minimum Gasteiger partial charge on any atom is -0.258 e. The van der Waals surface area contributed by atoms with Gasteiger partial charge in [-0.1, -0.05) is 27.2 Å². The average molecular weight is 415 g/mol. The highest BCUT2D eigenvalue weighted by Gasteiger charge is 2.30. The predicted octanol–water partition coefficient (Wildman–Crippen LogP) is 5.88. The monoisotopic (exact) mass is 414 g/mol. The maximum atomic E-state index is 11.0. The topological polar surface area (TPSA) is 72.8 Å². The fraction of sp³-hybridized carbons (Fsp3) is 0.545. The van der Waals surface area contributed by atoms with Gasteiger partial charge in [-0.05, 0) is 56.1 Å². The van der Waals surface area contributed by atoms with Crippen molar-refractivity contribution in [3.63, 3.8) is 0 Å². The van der Waals surface area contributed by atoms with Crippen LogP contribution in [-0.4, -0.2) is 21.9 Å². The Kier molecular flexibility index (Phi) is 6.67. The molecule has 0 spiro atoms. The molecule has 0 atom stereocenters. The van der Waals surface area contributed by atoms with E-state index in [0.29, 0.717) is 12.0 Å². The van der Waals surface area contributed by atoms with Gasteiger partial charge in [0, 0.05) is 35.3 Å². The quantitative estimate of drug-likeness (QED) is 0.437. The Morgan fingerprint density at radius 1 is 1.21 bits per heavy atom. The molecule has 6 nitrogen and oxygen atoms in total. The highest BCUT2D eigenvalue weighted by molar-refractivity contribution is 7.07. The number of nitro groups is 1. The predicted molar refractivity (Wildman–Crippen MR) is 119 cm³/mol. The van der Waals surface area contributed by atoms with Crippen molar-refractivity contribution in [3.05, 3.63) is 44.6 Å². The molecule has 2 aromatic rings. The Morgan fingerprint density at radius 3 is 2.41 bits per heavy atom. The van der Waals surface area contributed by atoms with Crippen LogP contribution in [0.4, 0.5) is 5.69 Å². The third-order valence-corrected chi connectivity index (χ3v) is 7.03. The number of benzene rings is 1. The lowest BCUT2D eigenvalue weighted by molar-refractivity contribution is -0.384. The molecule has 1 aromatic carbocycles. The number of nitro benzene ring substituents is 1.